The molecule has 20 heavy (non-hydrogen) atoms. The molecule has 0 aromatic heterocycles. The number of nitrogens with zero attached hydrogens (tertiary/aromatic N) is 1. The Hall–Kier alpha value is -0.100. The van der Waals surface area contributed by atoms with Crippen molar-refractivity contribution in [3.05, 3.63) is 26.6 Å². The van der Waals surface area contributed by atoms with E-state index >= 15 is 0 Å². The van der Waals surface area contributed by atoms with Gasteiger partial charge in [0.25, 0.3) is 0 Å². The predicted molar refractivity (Wildman–Crippen MR) is 90.4 cm³/mol. The third-order valence-electron chi connectivity index (χ3n) is 3.81. The number of likely N-dealkylation sites (tertiary alicyclic amines) is 1. The smallest absolute Gasteiger partial charge is 0.137 e. The summed E-state index contributed by atoms with van der Waals surface area (Å²) >= 11 is 7.07. The molecule has 1 fully saturated rings. The summed E-state index contributed by atoms with van der Waals surface area (Å²) < 4.78 is 7.52. The molecule has 3 nitrogen and oxygen atoms in total. The van der Waals surface area contributed by atoms with Gasteiger partial charge in [0.05, 0.1) is 11.6 Å². The van der Waals surface area contributed by atoms with Gasteiger partial charge in [-0.3, -0.25) is 4.90 Å². The molecule has 0 saturated carbocycles. The molecule has 1 saturated heterocycles. The monoisotopic (exact) mass is 404 g/mol. The lowest BCUT2D eigenvalue weighted by Gasteiger charge is -2.24. The van der Waals surface area contributed by atoms with Crippen molar-refractivity contribution in [2.45, 2.75) is 32.4 Å². The molecule has 0 amide bonds. The third kappa shape index (κ3) is 4.20. The number of hydrogen-bond acceptors (Lipinski definition) is 3. The maximum Gasteiger partial charge on any atom is 0.137 e. The molecule has 0 bridgehead atoms. The van der Waals surface area contributed by atoms with Crippen LogP contribution in [0, 0.1) is 0 Å². The molecule has 2 rings (SSSR count). The van der Waals surface area contributed by atoms with Gasteiger partial charge in [-0.15, -0.1) is 0 Å². The summed E-state index contributed by atoms with van der Waals surface area (Å²) in [6.45, 7) is 6.61. The lowest BCUT2D eigenvalue weighted by molar-refractivity contribution is 0.251. The van der Waals surface area contributed by atoms with Crippen molar-refractivity contribution in [2.75, 3.05) is 26.7 Å². The van der Waals surface area contributed by atoms with E-state index in [1.165, 1.54) is 31.5 Å². The van der Waals surface area contributed by atoms with Crippen LogP contribution in [-0.4, -0.2) is 37.7 Å². The SMILES string of the molecule is COc1c(Br)cc(Br)cc1CNCC(C)N1CCCC1. The van der Waals surface area contributed by atoms with Gasteiger partial charge >= 0.3 is 0 Å². The Morgan fingerprint density at radius 3 is 2.65 bits per heavy atom. The zero-order chi connectivity index (χ0) is 14.5. The first-order chi connectivity index (χ1) is 9.61. The first kappa shape index (κ1) is 16.3. The summed E-state index contributed by atoms with van der Waals surface area (Å²) in [4.78, 5) is 2.56. The molecular formula is C15H22Br2N2O. The maximum atomic E-state index is 5.47. The Kier molecular flexibility index (Phi) is 6.33. The lowest BCUT2D eigenvalue weighted by Crippen LogP contribution is -2.38. The van der Waals surface area contributed by atoms with Gasteiger partial charge in [0.15, 0.2) is 0 Å². The molecule has 0 radical (unpaired) electrons. The molecule has 1 atom stereocenters. The van der Waals surface area contributed by atoms with Crippen LogP contribution in [0.4, 0.5) is 0 Å². The van der Waals surface area contributed by atoms with Gasteiger partial charge in [-0.25, -0.2) is 0 Å². The Balaban J connectivity index is 1.90. The van der Waals surface area contributed by atoms with Crippen molar-refractivity contribution >= 4 is 31.9 Å². The number of benzene rings is 1. The third-order valence-corrected chi connectivity index (χ3v) is 4.86. The minimum absolute atomic E-state index is 0.596. The van der Waals surface area contributed by atoms with Gasteiger partial charge in [-0.05, 0) is 60.9 Å². The Labute approximate surface area is 138 Å². The molecule has 0 spiro atoms. The van der Waals surface area contributed by atoms with Gasteiger partial charge in [0.1, 0.15) is 5.75 Å². The molecule has 5 heteroatoms. The molecule has 0 aliphatic carbocycles. The van der Waals surface area contributed by atoms with Gasteiger partial charge < -0.3 is 10.1 Å². The van der Waals surface area contributed by atoms with E-state index in [4.69, 9.17) is 4.74 Å². The standard InChI is InChI=1S/C15H22Br2N2O/c1-11(19-5-3-4-6-19)9-18-10-12-7-13(16)8-14(17)15(12)20-2/h7-8,11,18H,3-6,9-10H2,1-2H3. The van der Waals surface area contributed by atoms with Crippen LogP contribution in [-0.2, 0) is 6.54 Å². The second-order valence-electron chi connectivity index (χ2n) is 5.30. The average molecular weight is 406 g/mol. The number of methoxy groups -OCH3 is 1. The second-order valence-corrected chi connectivity index (χ2v) is 7.07. The van der Waals surface area contributed by atoms with Crippen molar-refractivity contribution < 1.29 is 4.74 Å². The average Bonchev–Trinajstić information content (AvgIpc) is 2.92. The summed E-state index contributed by atoms with van der Waals surface area (Å²) in [6.07, 6.45) is 2.69. The predicted octanol–water partition coefficient (Wildman–Crippen LogP) is 3.79. The quantitative estimate of drug-likeness (QED) is 0.778. The molecule has 1 N–H and O–H groups in total. The summed E-state index contributed by atoms with van der Waals surface area (Å²) in [5, 5.41) is 3.54. The summed E-state index contributed by atoms with van der Waals surface area (Å²) in [5.74, 6) is 0.912. The largest absolute Gasteiger partial charge is 0.495 e. The van der Waals surface area contributed by atoms with Gasteiger partial charge in [-0.2, -0.15) is 0 Å². The van der Waals surface area contributed by atoms with Crippen molar-refractivity contribution in [3.8, 4) is 5.75 Å². The van der Waals surface area contributed by atoms with Gasteiger partial charge in [-0.1, -0.05) is 15.9 Å². The number of hydrogen-bond donors (Lipinski definition) is 1. The Morgan fingerprint density at radius 1 is 1.30 bits per heavy atom. The summed E-state index contributed by atoms with van der Waals surface area (Å²) in [7, 11) is 1.71. The molecule has 112 valence electrons. The zero-order valence-electron chi connectivity index (χ0n) is 12.1. The molecule has 1 aliphatic rings. The van der Waals surface area contributed by atoms with Crippen molar-refractivity contribution in [2.24, 2.45) is 0 Å². The van der Waals surface area contributed by atoms with Gasteiger partial charge in [0.2, 0.25) is 0 Å². The molecule has 1 unspecified atom stereocenters. The number of ether oxygens (including phenoxy) is 1. The van der Waals surface area contributed by atoms with Crippen LogP contribution < -0.4 is 10.1 Å². The molecule has 1 aromatic carbocycles. The van der Waals surface area contributed by atoms with Crippen LogP contribution in [0.3, 0.4) is 0 Å². The lowest BCUT2D eigenvalue weighted by atomic mass is 10.2. The summed E-state index contributed by atoms with van der Waals surface area (Å²) in [5.41, 5.74) is 1.17. The van der Waals surface area contributed by atoms with Crippen LogP contribution in [0.2, 0.25) is 0 Å². The normalized spacial score (nSPS) is 17.4. The van der Waals surface area contributed by atoms with E-state index in [9.17, 15) is 0 Å². The summed E-state index contributed by atoms with van der Waals surface area (Å²) in [6, 6.07) is 4.71. The van der Waals surface area contributed by atoms with Crippen LogP contribution in [0.15, 0.2) is 21.1 Å². The molecule has 1 aromatic rings. The van der Waals surface area contributed by atoms with Crippen LogP contribution in [0.5, 0.6) is 5.75 Å². The van der Waals surface area contributed by atoms with Crippen LogP contribution >= 0.6 is 31.9 Å². The fourth-order valence-electron chi connectivity index (χ4n) is 2.70. The van der Waals surface area contributed by atoms with Crippen molar-refractivity contribution in [1.29, 1.82) is 0 Å². The van der Waals surface area contributed by atoms with E-state index in [1.807, 2.05) is 6.07 Å². The molecular weight excluding hydrogens is 384 g/mol. The highest BCUT2D eigenvalue weighted by Gasteiger charge is 2.17. The second kappa shape index (κ2) is 7.78. The molecule has 1 aliphatic heterocycles. The van der Waals surface area contributed by atoms with E-state index in [0.717, 1.165) is 27.8 Å². The minimum Gasteiger partial charge on any atom is -0.495 e. The zero-order valence-corrected chi connectivity index (χ0v) is 15.3. The van der Waals surface area contributed by atoms with Crippen LogP contribution in [0.1, 0.15) is 25.3 Å². The molecule has 1 heterocycles. The first-order valence-electron chi connectivity index (χ1n) is 7.08. The van der Waals surface area contributed by atoms with E-state index in [1.54, 1.807) is 7.11 Å². The van der Waals surface area contributed by atoms with Crippen molar-refractivity contribution in [3.63, 3.8) is 0 Å². The highest BCUT2D eigenvalue weighted by atomic mass is 79.9. The minimum atomic E-state index is 0.596. The fraction of sp³-hybridized carbons (Fsp3) is 0.600. The Morgan fingerprint density at radius 2 is 2.00 bits per heavy atom. The Bertz CT molecular complexity index is 448. The maximum absolute atomic E-state index is 5.47. The van der Waals surface area contributed by atoms with E-state index in [0.29, 0.717) is 6.04 Å². The van der Waals surface area contributed by atoms with E-state index in [2.05, 4.69) is 55.1 Å². The van der Waals surface area contributed by atoms with E-state index < -0.39 is 0 Å². The van der Waals surface area contributed by atoms with Crippen molar-refractivity contribution in [1.82, 2.24) is 10.2 Å². The van der Waals surface area contributed by atoms with Gasteiger partial charge in [0, 0.05) is 29.2 Å². The highest BCUT2D eigenvalue weighted by Crippen LogP contribution is 2.32. The number of halogens is 2. The number of nitrogens with one attached hydrogen (secondary N) is 1. The first-order valence-corrected chi connectivity index (χ1v) is 8.67. The number of rotatable bonds is 6. The van der Waals surface area contributed by atoms with Crippen LogP contribution in [0.25, 0.3) is 0 Å². The highest BCUT2D eigenvalue weighted by molar-refractivity contribution is 9.11. The van der Waals surface area contributed by atoms with E-state index in [-0.39, 0.29) is 0 Å². The fourth-order valence-corrected chi connectivity index (χ4v) is 4.18. The topological polar surface area (TPSA) is 24.5 Å².